The fourth-order valence-corrected chi connectivity index (χ4v) is 2.16. The summed E-state index contributed by atoms with van der Waals surface area (Å²) in [5.41, 5.74) is 6.06. The smallest absolute Gasteiger partial charge is 0.341 e. The normalized spacial score (nSPS) is 10.6. The van der Waals surface area contributed by atoms with Gasteiger partial charge in [-0.1, -0.05) is 0 Å². The first-order valence-electron chi connectivity index (χ1n) is 7.31. The highest BCUT2D eigenvalue weighted by Gasteiger charge is 2.18. The van der Waals surface area contributed by atoms with Crippen molar-refractivity contribution in [3.8, 4) is 0 Å². The number of carbonyl (C=O) groups excluding carboxylic acids is 2. The monoisotopic (exact) mass is 342 g/mol. The van der Waals surface area contributed by atoms with Crippen molar-refractivity contribution in [1.29, 1.82) is 0 Å². The molecule has 0 aliphatic rings. The van der Waals surface area contributed by atoms with Crippen LogP contribution in [0.5, 0.6) is 0 Å². The molecule has 0 saturated carbocycles. The van der Waals surface area contributed by atoms with Gasteiger partial charge in [0.2, 0.25) is 5.56 Å². The van der Waals surface area contributed by atoms with E-state index in [4.69, 9.17) is 10.5 Å². The van der Waals surface area contributed by atoms with Crippen LogP contribution in [0, 0.1) is 0 Å². The van der Waals surface area contributed by atoms with E-state index in [2.05, 4.69) is 25.5 Å². The lowest BCUT2D eigenvalue weighted by Gasteiger charge is -2.05. The average Bonchev–Trinajstić information content (AvgIpc) is 2.96. The van der Waals surface area contributed by atoms with E-state index in [9.17, 15) is 14.4 Å². The number of nitrogen functional groups attached to an aromatic ring is 1. The minimum Gasteiger partial charge on any atom is -0.462 e. The van der Waals surface area contributed by atoms with Gasteiger partial charge in [0.1, 0.15) is 11.4 Å². The van der Waals surface area contributed by atoms with Gasteiger partial charge in [-0.25, -0.2) is 9.78 Å². The van der Waals surface area contributed by atoms with Crippen molar-refractivity contribution in [2.75, 3.05) is 17.7 Å². The number of carbonyl (C=O) groups is 2. The summed E-state index contributed by atoms with van der Waals surface area (Å²) in [6.07, 6.45) is 1.28. The SMILES string of the molecule is CCOC(=O)c1cc2c(NC(=O)c3ccc(=O)[nH]c3)n[nH]c2nc1N. The molecule has 0 spiro atoms. The maximum Gasteiger partial charge on any atom is 0.341 e. The molecule has 5 N–H and O–H groups in total. The number of nitrogens with zero attached hydrogens (tertiary/aromatic N) is 2. The van der Waals surface area contributed by atoms with Gasteiger partial charge in [0.15, 0.2) is 11.5 Å². The highest BCUT2D eigenvalue weighted by Crippen LogP contribution is 2.24. The Morgan fingerprint density at radius 1 is 1.36 bits per heavy atom. The summed E-state index contributed by atoms with van der Waals surface area (Å²) < 4.78 is 4.93. The Hall–Kier alpha value is -3.69. The van der Waals surface area contributed by atoms with Gasteiger partial charge in [-0.05, 0) is 19.1 Å². The minimum absolute atomic E-state index is 0.00638. The number of esters is 1. The third-order valence-electron chi connectivity index (χ3n) is 3.35. The Labute approximate surface area is 140 Å². The Bertz CT molecular complexity index is 1000. The summed E-state index contributed by atoms with van der Waals surface area (Å²) >= 11 is 0. The fourth-order valence-electron chi connectivity index (χ4n) is 2.16. The van der Waals surface area contributed by atoms with E-state index in [0.717, 1.165) is 0 Å². The van der Waals surface area contributed by atoms with Crippen LogP contribution in [0.1, 0.15) is 27.6 Å². The van der Waals surface area contributed by atoms with Crippen LogP contribution < -0.4 is 16.6 Å². The number of H-pyrrole nitrogens is 2. The van der Waals surface area contributed by atoms with Gasteiger partial charge >= 0.3 is 5.97 Å². The van der Waals surface area contributed by atoms with Crippen LogP contribution in [0.25, 0.3) is 11.0 Å². The summed E-state index contributed by atoms with van der Waals surface area (Å²) in [6, 6.07) is 4.06. The van der Waals surface area contributed by atoms with Crippen molar-refractivity contribution in [1.82, 2.24) is 20.2 Å². The van der Waals surface area contributed by atoms with Crippen molar-refractivity contribution >= 4 is 34.5 Å². The Balaban J connectivity index is 1.95. The molecule has 0 saturated heterocycles. The molecule has 0 bridgehead atoms. The Morgan fingerprint density at radius 3 is 2.84 bits per heavy atom. The standard InChI is InChI=1S/C15H14N6O4/c1-2-25-15(24)8-5-9-12(18-11(8)16)20-21-13(9)19-14(23)7-3-4-10(22)17-6-7/h3-6H,2H2,1H3,(H,17,22)(H4,16,18,19,20,21,23). The second-order valence-electron chi connectivity index (χ2n) is 5.01. The molecule has 3 aromatic heterocycles. The number of fused-ring (bicyclic) bond motifs is 1. The highest BCUT2D eigenvalue weighted by molar-refractivity contribution is 6.08. The molecule has 128 valence electrons. The van der Waals surface area contributed by atoms with Crippen LogP contribution in [-0.4, -0.2) is 38.6 Å². The summed E-state index contributed by atoms with van der Waals surface area (Å²) in [6.45, 7) is 1.87. The van der Waals surface area contributed by atoms with Crippen molar-refractivity contribution in [2.24, 2.45) is 0 Å². The summed E-state index contributed by atoms with van der Waals surface area (Å²) in [5, 5.41) is 9.57. The molecule has 0 unspecified atom stereocenters. The largest absolute Gasteiger partial charge is 0.462 e. The summed E-state index contributed by atoms with van der Waals surface area (Å²) in [5.74, 6) is -0.940. The summed E-state index contributed by atoms with van der Waals surface area (Å²) in [4.78, 5) is 41.7. The van der Waals surface area contributed by atoms with Crippen molar-refractivity contribution < 1.29 is 14.3 Å². The molecule has 3 rings (SSSR count). The van der Waals surface area contributed by atoms with E-state index >= 15 is 0 Å². The summed E-state index contributed by atoms with van der Waals surface area (Å²) in [7, 11) is 0. The molecule has 25 heavy (non-hydrogen) atoms. The van der Waals surface area contributed by atoms with Gasteiger partial charge < -0.3 is 20.8 Å². The number of aromatic amines is 2. The van der Waals surface area contributed by atoms with Crippen LogP contribution in [-0.2, 0) is 4.74 Å². The lowest BCUT2D eigenvalue weighted by Crippen LogP contribution is -2.15. The van der Waals surface area contributed by atoms with Gasteiger partial charge in [0.05, 0.1) is 17.6 Å². The first kappa shape index (κ1) is 16.2. The molecule has 0 atom stereocenters. The molecule has 1 amide bonds. The van der Waals surface area contributed by atoms with Crippen LogP contribution in [0.2, 0.25) is 0 Å². The zero-order valence-corrected chi connectivity index (χ0v) is 13.1. The molecule has 0 aromatic carbocycles. The van der Waals surface area contributed by atoms with Crippen LogP contribution in [0.3, 0.4) is 0 Å². The lowest BCUT2D eigenvalue weighted by molar-refractivity contribution is 0.0527. The molecule has 0 fully saturated rings. The average molecular weight is 342 g/mol. The molecular weight excluding hydrogens is 328 g/mol. The zero-order valence-electron chi connectivity index (χ0n) is 13.1. The van der Waals surface area contributed by atoms with Gasteiger partial charge in [-0.3, -0.25) is 14.7 Å². The van der Waals surface area contributed by atoms with Crippen LogP contribution >= 0.6 is 0 Å². The second-order valence-corrected chi connectivity index (χ2v) is 5.01. The molecular formula is C15H14N6O4. The number of ether oxygens (including phenoxy) is 1. The maximum atomic E-state index is 12.2. The van der Waals surface area contributed by atoms with Crippen LogP contribution in [0.15, 0.2) is 29.2 Å². The van der Waals surface area contributed by atoms with E-state index < -0.39 is 11.9 Å². The highest BCUT2D eigenvalue weighted by atomic mass is 16.5. The van der Waals surface area contributed by atoms with Gasteiger partial charge in [-0.15, -0.1) is 0 Å². The number of hydrogen-bond acceptors (Lipinski definition) is 7. The minimum atomic E-state index is -0.617. The van der Waals surface area contributed by atoms with Crippen molar-refractivity contribution in [2.45, 2.75) is 6.92 Å². The molecule has 0 radical (unpaired) electrons. The predicted molar refractivity (Wildman–Crippen MR) is 89.3 cm³/mol. The number of nitrogens with two attached hydrogens (primary N) is 1. The van der Waals surface area contributed by atoms with E-state index in [0.29, 0.717) is 11.0 Å². The number of aromatic nitrogens is 4. The molecule has 3 aromatic rings. The number of anilines is 2. The van der Waals surface area contributed by atoms with Gasteiger partial charge in [0.25, 0.3) is 5.91 Å². The number of rotatable bonds is 4. The van der Waals surface area contributed by atoms with E-state index in [1.165, 1.54) is 24.4 Å². The van der Waals surface area contributed by atoms with E-state index in [1.54, 1.807) is 6.92 Å². The number of pyridine rings is 2. The number of amides is 1. The fraction of sp³-hybridized carbons (Fsp3) is 0.133. The van der Waals surface area contributed by atoms with E-state index in [1.807, 2.05) is 0 Å². The third-order valence-corrected chi connectivity index (χ3v) is 3.35. The topological polar surface area (TPSA) is 156 Å². The first-order chi connectivity index (χ1) is 12.0. The third kappa shape index (κ3) is 3.17. The molecule has 10 heteroatoms. The van der Waals surface area contributed by atoms with Crippen molar-refractivity contribution in [3.63, 3.8) is 0 Å². The predicted octanol–water partition coefficient (Wildman–Crippen LogP) is 0.657. The molecule has 10 nitrogen and oxygen atoms in total. The number of hydrogen-bond donors (Lipinski definition) is 4. The first-order valence-corrected chi connectivity index (χ1v) is 7.31. The molecule has 0 aliphatic heterocycles. The Kier molecular flexibility index (Phi) is 4.16. The zero-order chi connectivity index (χ0) is 18.0. The maximum absolute atomic E-state index is 12.2. The van der Waals surface area contributed by atoms with Gasteiger partial charge in [0, 0.05) is 12.3 Å². The lowest BCUT2D eigenvalue weighted by atomic mass is 10.2. The Morgan fingerprint density at radius 2 is 2.16 bits per heavy atom. The van der Waals surface area contributed by atoms with Crippen molar-refractivity contribution in [3.05, 3.63) is 45.9 Å². The van der Waals surface area contributed by atoms with Crippen LogP contribution in [0.4, 0.5) is 11.6 Å². The molecule has 0 aliphatic carbocycles. The second kappa shape index (κ2) is 6.43. The quantitative estimate of drug-likeness (QED) is 0.507. The van der Waals surface area contributed by atoms with Gasteiger partial charge in [-0.2, -0.15) is 5.10 Å². The van der Waals surface area contributed by atoms with E-state index in [-0.39, 0.29) is 34.9 Å². The number of nitrogens with one attached hydrogen (secondary N) is 3. The molecule has 3 heterocycles.